The van der Waals surface area contributed by atoms with Crippen molar-refractivity contribution >= 4 is 55.8 Å². The number of aromatic nitrogens is 5. The Kier molecular flexibility index (Phi) is 10.3. The molecule has 0 aliphatic rings. The van der Waals surface area contributed by atoms with Gasteiger partial charge in [0.15, 0.2) is 0 Å². The zero-order valence-corrected chi connectivity index (χ0v) is 31.8. The predicted molar refractivity (Wildman–Crippen MR) is 204 cm³/mol. The van der Waals surface area contributed by atoms with Crippen LogP contribution < -0.4 is 26.0 Å². The van der Waals surface area contributed by atoms with E-state index in [0.717, 1.165) is 11.1 Å². The number of benzene rings is 2. The van der Waals surface area contributed by atoms with Crippen LogP contribution in [-0.2, 0) is 16.4 Å². The average molecular weight is 717 g/mol. The van der Waals surface area contributed by atoms with E-state index in [0.29, 0.717) is 64.2 Å². The van der Waals surface area contributed by atoms with Gasteiger partial charge in [-0.05, 0) is 118 Å². The Labute approximate surface area is 300 Å². The number of halogens is 1. The van der Waals surface area contributed by atoms with Gasteiger partial charge in [0.2, 0.25) is 21.9 Å². The first-order valence-corrected chi connectivity index (χ1v) is 18.4. The normalized spacial score (nSPS) is 12.6. The summed E-state index contributed by atoms with van der Waals surface area (Å²) in [6, 6.07) is 10.3. The van der Waals surface area contributed by atoms with Crippen LogP contribution in [0.3, 0.4) is 0 Å². The largest absolute Gasteiger partial charge is 0.359 e. The summed E-state index contributed by atoms with van der Waals surface area (Å²) in [5.41, 5.74) is 2.57. The van der Waals surface area contributed by atoms with Gasteiger partial charge in [0.1, 0.15) is 17.5 Å². The molecule has 272 valence electrons. The van der Waals surface area contributed by atoms with Crippen molar-refractivity contribution in [3.8, 4) is 0 Å². The molecule has 6 N–H and O–H groups in total. The van der Waals surface area contributed by atoms with Crippen molar-refractivity contribution in [2.24, 2.45) is 0 Å². The molecule has 0 amide bonds. The minimum absolute atomic E-state index is 0.186. The Morgan fingerprint density at radius 2 is 1.41 bits per heavy atom. The van der Waals surface area contributed by atoms with E-state index in [9.17, 15) is 12.8 Å². The third-order valence-electron chi connectivity index (χ3n) is 7.89. The maximum Gasteiger partial charge on any atom is 0.241 e. The van der Waals surface area contributed by atoms with Crippen molar-refractivity contribution in [3.05, 3.63) is 77.5 Å². The van der Waals surface area contributed by atoms with Crippen molar-refractivity contribution in [2.45, 2.75) is 104 Å². The van der Waals surface area contributed by atoms with Crippen molar-refractivity contribution in [1.29, 1.82) is 0 Å². The molecule has 0 spiro atoms. The van der Waals surface area contributed by atoms with E-state index in [-0.39, 0.29) is 16.3 Å². The van der Waals surface area contributed by atoms with Gasteiger partial charge in [-0.15, -0.1) is 0 Å². The van der Waals surface area contributed by atoms with Gasteiger partial charge in [-0.3, -0.25) is 0 Å². The first-order valence-electron chi connectivity index (χ1n) is 16.9. The third-order valence-corrected chi connectivity index (χ3v) is 9.73. The summed E-state index contributed by atoms with van der Waals surface area (Å²) in [6.45, 7) is 19.3. The number of hydrogen-bond donors (Lipinski definition) is 6. The van der Waals surface area contributed by atoms with Crippen LogP contribution in [0.4, 0.5) is 39.3 Å². The minimum Gasteiger partial charge on any atom is -0.359 e. The van der Waals surface area contributed by atoms with Crippen LogP contribution in [0.25, 0.3) is 10.9 Å². The van der Waals surface area contributed by atoms with Crippen LogP contribution in [0.1, 0.15) is 78.5 Å². The highest BCUT2D eigenvalue weighted by molar-refractivity contribution is 7.89. The second-order valence-electron chi connectivity index (χ2n) is 15.6. The molecular formula is C37H49FN10O2S. The Morgan fingerprint density at radius 3 is 2.04 bits per heavy atom. The van der Waals surface area contributed by atoms with Gasteiger partial charge in [-0.1, -0.05) is 6.07 Å². The Hall–Kier alpha value is -4.82. The van der Waals surface area contributed by atoms with E-state index in [2.05, 4.69) is 45.9 Å². The topological polar surface area (TPSA) is 162 Å². The van der Waals surface area contributed by atoms with E-state index < -0.39 is 21.1 Å². The summed E-state index contributed by atoms with van der Waals surface area (Å²) in [6.07, 6.45) is 6.16. The number of nitrogens with zero attached hydrogens (tertiary/aromatic N) is 4. The van der Waals surface area contributed by atoms with E-state index in [1.807, 2.05) is 87.4 Å². The van der Waals surface area contributed by atoms with Crippen LogP contribution in [-0.4, -0.2) is 50.0 Å². The number of sulfonamides is 1. The molecule has 3 aromatic heterocycles. The molecule has 0 bridgehead atoms. The van der Waals surface area contributed by atoms with Gasteiger partial charge in [-0.25, -0.2) is 27.5 Å². The molecule has 5 aromatic rings. The number of H-pyrrole nitrogens is 1. The molecule has 0 aliphatic carbocycles. The second-order valence-corrected chi connectivity index (χ2v) is 17.3. The summed E-state index contributed by atoms with van der Waals surface area (Å²) in [5, 5.41) is 14.0. The lowest BCUT2D eigenvalue weighted by molar-refractivity contribution is 0.488. The summed E-state index contributed by atoms with van der Waals surface area (Å²) >= 11 is 0. The molecule has 0 radical (unpaired) electrons. The lowest BCUT2D eigenvalue weighted by atomic mass is 9.95. The lowest BCUT2D eigenvalue weighted by Crippen LogP contribution is -2.41. The third kappa shape index (κ3) is 9.70. The summed E-state index contributed by atoms with van der Waals surface area (Å²) in [4.78, 5) is 21.4. The summed E-state index contributed by atoms with van der Waals surface area (Å²) in [7, 11) is -3.90. The predicted octanol–water partition coefficient (Wildman–Crippen LogP) is 8.10. The van der Waals surface area contributed by atoms with Crippen molar-refractivity contribution in [1.82, 2.24) is 29.6 Å². The fraction of sp³-hybridized carbons (Fsp3) is 0.405. The van der Waals surface area contributed by atoms with E-state index in [4.69, 9.17) is 4.98 Å². The molecule has 12 nitrogen and oxygen atoms in total. The van der Waals surface area contributed by atoms with Gasteiger partial charge in [0.05, 0.1) is 10.4 Å². The summed E-state index contributed by atoms with van der Waals surface area (Å²) in [5.74, 6) is 1.71. The highest BCUT2D eigenvalue weighted by atomic mass is 32.2. The SMILES string of the molecule is Cc1cnc(NC(C)(C)C)nc1Nc1ccc(CCC(C)(C)Nc2ncc(C)c(Nc3ccc(F)c4[nH]ccc34)n2)c(S(=O)(=O)NC(C)(C)C)c1. The lowest BCUT2D eigenvalue weighted by Gasteiger charge is -2.28. The molecular weight excluding hydrogens is 668 g/mol. The zero-order valence-electron chi connectivity index (χ0n) is 31.0. The molecule has 3 heterocycles. The fourth-order valence-electron chi connectivity index (χ4n) is 5.45. The molecule has 0 saturated carbocycles. The van der Waals surface area contributed by atoms with Crippen LogP contribution >= 0.6 is 0 Å². The molecule has 0 aliphatic heterocycles. The minimum atomic E-state index is -3.90. The Balaban J connectivity index is 1.37. The van der Waals surface area contributed by atoms with Crippen LogP contribution in [0.15, 0.2) is 59.9 Å². The van der Waals surface area contributed by atoms with Crippen LogP contribution in [0.2, 0.25) is 0 Å². The first-order chi connectivity index (χ1) is 23.7. The van der Waals surface area contributed by atoms with Gasteiger partial charge < -0.3 is 26.3 Å². The van der Waals surface area contributed by atoms with Gasteiger partial charge in [0.25, 0.3) is 0 Å². The average Bonchev–Trinajstić information content (AvgIpc) is 3.51. The zero-order chi connectivity index (χ0) is 37.4. The standard InChI is InChI=1S/C37H49FN10O2S/c1-22-20-40-33(46-35(3,4)5)44-31(22)42-25-12-11-24(29(19-25)51(49,50)48-36(6,7)8)15-17-37(9,10)47-34-41-21-23(2)32(45-34)43-28-14-13-27(38)30-26(28)16-18-39-30/h11-14,16,18-21,39,48H,15,17H2,1-10H3,(H2,40,42,44,46)(H2,41,43,45,47). The Morgan fingerprint density at radius 1 is 0.784 bits per heavy atom. The number of hydrogen-bond acceptors (Lipinski definition) is 10. The first kappa shape index (κ1) is 37.4. The fourth-order valence-corrected chi connectivity index (χ4v) is 7.16. The highest BCUT2D eigenvalue weighted by Gasteiger charge is 2.27. The van der Waals surface area contributed by atoms with Crippen LogP contribution in [0.5, 0.6) is 0 Å². The van der Waals surface area contributed by atoms with Crippen molar-refractivity contribution in [3.63, 3.8) is 0 Å². The van der Waals surface area contributed by atoms with Crippen molar-refractivity contribution in [2.75, 3.05) is 21.3 Å². The highest BCUT2D eigenvalue weighted by Crippen LogP contribution is 2.31. The molecule has 0 fully saturated rings. The Bertz CT molecular complexity index is 2150. The monoisotopic (exact) mass is 716 g/mol. The molecule has 5 rings (SSSR count). The quantitative estimate of drug-likeness (QED) is 0.0744. The second kappa shape index (κ2) is 14.1. The van der Waals surface area contributed by atoms with Crippen LogP contribution in [0, 0.1) is 19.7 Å². The molecule has 51 heavy (non-hydrogen) atoms. The maximum absolute atomic E-state index is 14.3. The smallest absolute Gasteiger partial charge is 0.241 e. The number of anilines is 6. The molecule has 0 saturated heterocycles. The van der Waals surface area contributed by atoms with E-state index in [1.54, 1.807) is 30.7 Å². The van der Waals surface area contributed by atoms with Gasteiger partial charge in [0, 0.05) is 63.1 Å². The van der Waals surface area contributed by atoms with Crippen molar-refractivity contribution < 1.29 is 12.8 Å². The van der Waals surface area contributed by atoms with Gasteiger partial charge in [-0.2, -0.15) is 9.97 Å². The summed E-state index contributed by atoms with van der Waals surface area (Å²) < 4.78 is 44.7. The number of nitrogens with one attached hydrogen (secondary N) is 6. The number of aryl methyl sites for hydroxylation is 3. The molecule has 0 unspecified atom stereocenters. The number of fused-ring (bicyclic) bond motifs is 1. The van der Waals surface area contributed by atoms with E-state index in [1.165, 1.54) is 6.07 Å². The van der Waals surface area contributed by atoms with E-state index >= 15 is 0 Å². The molecule has 14 heteroatoms. The maximum atomic E-state index is 14.3. The molecule has 2 aromatic carbocycles. The number of aromatic amines is 1. The molecule has 0 atom stereocenters. The van der Waals surface area contributed by atoms with Gasteiger partial charge >= 0.3 is 0 Å². The number of rotatable bonds is 12.